The van der Waals surface area contributed by atoms with Crippen LogP contribution >= 0.6 is 0 Å². The molecule has 1 amide bonds. The van der Waals surface area contributed by atoms with Crippen LogP contribution in [0.25, 0.3) is 0 Å². The minimum Gasteiger partial charge on any atom is -0.493 e. The molecule has 3 aliphatic heterocycles. The Balaban J connectivity index is 1.19. The molecule has 3 heterocycles. The number of Topliss-reactive ketones (excluding diaryl/α,β-unsaturated/α-hetero) is 1. The molecule has 2 aromatic rings. The molecule has 28 heavy (non-hydrogen) atoms. The summed E-state index contributed by atoms with van der Waals surface area (Å²) >= 11 is 0. The van der Waals surface area contributed by atoms with Crippen molar-refractivity contribution >= 4 is 17.4 Å². The van der Waals surface area contributed by atoms with Crippen LogP contribution in [0.15, 0.2) is 42.5 Å². The number of nitrogens with zero attached hydrogens (tertiary/aromatic N) is 1. The van der Waals surface area contributed by atoms with Crippen LogP contribution in [0.3, 0.4) is 0 Å². The molecule has 0 radical (unpaired) electrons. The summed E-state index contributed by atoms with van der Waals surface area (Å²) in [5, 5.41) is 0. The van der Waals surface area contributed by atoms with Gasteiger partial charge in [-0.25, -0.2) is 0 Å². The van der Waals surface area contributed by atoms with E-state index in [1.807, 2.05) is 18.2 Å². The van der Waals surface area contributed by atoms with Gasteiger partial charge in [0, 0.05) is 12.0 Å². The van der Waals surface area contributed by atoms with E-state index in [0.717, 1.165) is 57.2 Å². The molecule has 0 spiro atoms. The minimum atomic E-state index is -0.385. The van der Waals surface area contributed by atoms with Crippen LogP contribution in [-0.4, -0.2) is 51.1 Å². The molecule has 0 aromatic heterocycles. The van der Waals surface area contributed by atoms with Gasteiger partial charge in [-0.15, -0.1) is 0 Å². The lowest BCUT2D eigenvalue weighted by molar-refractivity contribution is -1.02. The number of nitrogens with one attached hydrogen (secondary N) is 2. The van der Waals surface area contributed by atoms with Gasteiger partial charge in [-0.1, -0.05) is 12.1 Å². The van der Waals surface area contributed by atoms with Gasteiger partial charge in [0.05, 0.1) is 17.9 Å². The number of carbonyl (C=O) groups excluding carboxylic acids is 2. The fourth-order valence-electron chi connectivity index (χ4n) is 4.56. The molecular formula is C22H25N3O3+2. The first-order valence-corrected chi connectivity index (χ1v) is 10.1. The lowest BCUT2D eigenvalue weighted by atomic mass is 10.1. The van der Waals surface area contributed by atoms with E-state index >= 15 is 0 Å². The lowest BCUT2D eigenvalue weighted by Gasteiger charge is -2.32. The summed E-state index contributed by atoms with van der Waals surface area (Å²) < 4.78 is 5.60. The summed E-state index contributed by atoms with van der Waals surface area (Å²) in [5.41, 5.74) is 4.01. The summed E-state index contributed by atoms with van der Waals surface area (Å²) in [4.78, 5) is 29.2. The van der Waals surface area contributed by atoms with E-state index in [1.165, 1.54) is 16.0 Å². The fraction of sp³-hybridized carbons (Fsp3) is 0.364. The number of ketones is 1. The van der Waals surface area contributed by atoms with Gasteiger partial charge < -0.3 is 14.5 Å². The van der Waals surface area contributed by atoms with Gasteiger partial charge in [0.2, 0.25) is 0 Å². The number of benzene rings is 2. The highest BCUT2D eigenvalue weighted by Crippen LogP contribution is 2.27. The molecule has 1 fully saturated rings. The first kappa shape index (κ1) is 17.4. The number of fused-ring (bicyclic) bond motifs is 2. The van der Waals surface area contributed by atoms with Gasteiger partial charge in [0.15, 0.2) is 6.67 Å². The molecule has 0 aliphatic carbocycles. The number of para-hydroxylation sites is 1. The highest BCUT2D eigenvalue weighted by atomic mass is 16.5. The number of rotatable bonds is 4. The number of ether oxygens (including phenoxy) is 1. The highest BCUT2D eigenvalue weighted by Gasteiger charge is 2.38. The SMILES string of the molecule is O=C1C(=O)N(C[NH+]2CC[NH+](Cc3ccc4c(c3)CCO4)CC2)c2ccccc21. The number of hydrogen-bond acceptors (Lipinski definition) is 3. The molecule has 0 bridgehead atoms. The Morgan fingerprint density at radius 3 is 2.61 bits per heavy atom. The maximum absolute atomic E-state index is 12.4. The average molecular weight is 379 g/mol. The van der Waals surface area contributed by atoms with Crippen molar-refractivity contribution in [1.29, 1.82) is 0 Å². The number of quaternary nitrogens is 2. The Labute approximate surface area is 164 Å². The standard InChI is InChI=1S/C22H23N3O3/c26-21-18-3-1-2-4-19(18)25(22(21)27)15-24-10-8-23(9-11-24)14-16-5-6-20-17(13-16)7-12-28-20/h1-6,13H,7-12,14-15H2/p+2. The summed E-state index contributed by atoms with van der Waals surface area (Å²) in [6.07, 6.45) is 1.01. The lowest BCUT2D eigenvalue weighted by Crippen LogP contribution is -3.28. The third kappa shape index (κ3) is 3.08. The van der Waals surface area contributed by atoms with E-state index < -0.39 is 0 Å². The molecule has 6 heteroatoms. The van der Waals surface area contributed by atoms with Crippen LogP contribution in [-0.2, 0) is 17.8 Å². The monoisotopic (exact) mass is 379 g/mol. The Bertz CT molecular complexity index is 934. The van der Waals surface area contributed by atoms with Crippen molar-refractivity contribution in [1.82, 2.24) is 0 Å². The van der Waals surface area contributed by atoms with Crippen LogP contribution in [0.5, 0.6) is 5.75 Å². The van der Waals surface area contributed by atoms with Crippen LogP contribution < -0.4 is 19.4 Å². The average Bonchev–Trinajstić information content (AvgIpc) is 3.28. The van der Waals surface area contributed by atoms with Crippen molar-refractivity contribution in [3.8, 4) is 5.75 Å². The molecule has 0 saturated carbocycles. The van der Waals surface area contributed by atoms with Crippen LogP contribution in [0.2, 0.25) is 0 Å². The van der Waals surface area contributed by atoms with Crippen LogP contribution in [0.4, 0.5) is 5.69 Å². The van der Waals surface area contributed by atoms with Crippen molar-refractivity contribution in [3.05, 3.63) is 59.2 Å². The number of piperazine rings is 1. The van der Waals surface area contributed by atoms with E-state index in [2.05, 4.69) is 18.2 Å². The first-order chi connectivity index (χ1) is 13.7. The second kappa shape index (κ2) is 7.04. The second-order valence-corrected chi connectivity index (χ2v) is 7.95. The van der Waals surface area contributed by atoms with E-state index in [9.17, 15) is 9.59 Å². The molecule has 0 unspecified atom stereocenters. The number of amides is 1. The molecule has 6 nitrogen and oxygen atoms in total. The van der Waals surface area contributed by atoms with Crippen LogP contribution in [0, 0.1) is 0 Å². The number of anilines is 1. The van der Waals surface area contributed by atoms with E-state index in [4.69, 9.17) is 4.74 Å². The van der Waals surface area contributed by atoms with Gasteiger partial charge >= 0.3 is 5.91 Å². The highest BCUT2D eigenvalue weighted by molar-refractivity contribution is 6.52. The molecule has 2 aromatic carbocycles. The van der Waals surface area contributed by atoms with Crippen molar-refractivity contribution < 1.29 is 24.1 Å². The van der Waals surface area contributed by atoms with Crippen molar-refractivity contribution in [3.63, 3.8) is 0 Å². The Morgan fingerprint density at radius 2 is 1.75 bits per heavy atom. The Morgan fingerprint density at radius 1 is 0.964 bits per heavy atom. The predicted octanol–water partition coefficient (Wildman–Crippen LogP) is -0.908. The Kier molecular flexibility index (Phi) is 4.37. The minimum absolute atomic E-state index is 0.375. The summed E-state index contributed by atoms with van der Waals surface area (Å²) in [6.45, 7) is 6.55. The normalized spacial score (nSPS) is 23.5. The third-order valence-electron chi connectivity index (χ3n) is 6.13. The zero-order valence-corrected chi connectivity index (χ0v) is 15.9. The van der Waals surface area contributed by atoms with Gasteiger partial charge in [0.25, 0.3) is 5.78 Å². The van der Waals surface area contributed by atoms with Gasteiger partial charge in [0.1, 0.15) is 38.5 Å². The molecule has 5 rings (SSSR count). The molecule has 2 N–H and O–H groups in total. The zero-order valence-electron chi connectivity index (χ0n) is 15.9. The number of carbonyl (C=O) groups is 2. The molecule has 0 atom stereocenters. The van der Waals surface area contributed by atoms with Gasteiger partial charge in [-0.2, -0.15) is 0 Å². The van der Waals surface area contributed by atoms with Gasteiger partial charge in [-0.05, 0) is 35.9 Å². The fourth-order valence-corrected chi connectivity index (χ4v) is 4.56. The van der Waals surface area contributed by atoms with Crippen molar-refractivity contribution in [2.45, 2.75) is 13.0 Å². The topological polar surface area (TPSA) is 55.5 Å². The Hall–Kier alpha value is -2.70. The first-order valence-electron chi connectivity index (χ1n) is 10.1. The summed E-state index contributed by atoms with van der Waals surface area (Å²) in [6, 6.07) is 13.9. The number of hydrogen-bond donors (Lipinski definition) is 2. The largest absolute Gasteiger partial charge is 0.493 e. The maximum Gasteiger partial charge on any atom is 0.303 e. The molecule has 3 aliphatic rings. The van der Waals surface area contributed by atoms with E-state index in [-0.39, 0.29) is 11.7 Å². The molecular weight excluding hydrogens is 354 g/mol. The summed E-state index contributed by atoms with van der Waals surface area (Å²) in [5.74, 6) is 0.279. The zero-order chi connectivity index (χ0) is 19.1. The van der Waals surface area contributed by atoms with E-state index in [0.29, 0.717) is 12.2 Å². The smallest absolute Gasteiger partial charge is 0.303 e. The third-order valence-corrected chi connectivity index (χ3v) is 6.13. The van der Waals surface area contributed by atoms with Gasteiger partial charge in [-0.3, -0.25) is 14.5 Å². The summed E-state index contributed by atoms with van der Waals surface area (Å²) in [7, 11) is 0. The predicted molar refractivity (Wildman–Crippen MR) is 104 cm³/mol. The van der Waals surface area contributed by atoms with Crippen molar-refractivity contribution in [2.75, 3.05) is 44.4 Å². The van der Waals surface area contributed by atoms with Crippen molar-refractivity contribution in [2.24, 2.45) is 0 Å². The van der Waals surface area contributed by atoms with Crippen LogP contribution in [0.1, 0.15) is 21.5 Å². The molecule has 1 saturated heterocycles. The molecule has 144 valence electrons. The second-order valence-electron chi connectivity index (χ2n) is 7.95. The van der Waals surface area contributed by atoms with E-state index in [1.54, 1.807) is 15.9 Å². The quantitative estimate of drug-likeness (QED) is 0.677. The maximum atomic E-state index is 12.4.